The number of carbonyl (C=O) groups excluding carboxylic acids is 2. The first-order chi connectivity index (χ1) is 18.2. The number of amides is 2. The minimum Gasteiger partial charge on any atom is -0.384 e. The molecule has 1 aromatic rings. The smallest absolute Gasteiger partial charge is 0.246 e. The minimum atomic E-state index is -0.576. The Kier molecular flexibility index (Phi) is 15.6. The van der Waals surface area contributed by atoms with E-state index >= 15 is 0 Å². The second-order valence-corrected chi connectivity index (χ2v) is 9.06. The van der Waals surface area contributed by atoms with Crippen LogP contribution in [0.5, 0.6) is 0 Å². The summed E-state index contributed by atoms with van der Waals surface area (Å²) in [5.74, 6) is 6.03. The first-order valence-electron chi connectivity index (χ1n) is 12.9. The van der Waals surface area contributed by atoms with Crippen LogP contribution in [0.25, 0.3) is 6.08 Å². The maximum absolute atomic E-state index is 12.5. The van der Waals surface area contributed by atoms with Crippen LogP contribution >= 0.6 is 0 Å². The molecule has 1 rings (SSSR count). The number of hydrogen-bond acceptors (Lipinski definition) is 6. The van der Waals surface area contributed by atoms with E-state index in [9.17, 15) is 9.59 Å². The van der Waals surface area contributed by atoms with Crippen LogP contribution in [-0.2, 0) is 9.59 Å². The number of nitrogens with zero attached hydrogens (tertiary/aromatic N) is 3. The Morgan fingerprint density at radius 1 is 1.13 bits per heavy atom. The highest BCUT2D eigenvalue weighted by Crippen LogP contribution is 2.14. The Bertz CT molecular complexity index is 1080. The molecule has 4 N–H and O–H groups in total. The number of rotatable bonds is 14. The Balaban J connectivity index is 2.77. The first-order valence-corrected chi connectivity index (χ1v) is 12.9. The number of nitrogens with one attached hydrogen (secondary N) is 2. The van der Waals surface area contributed by atoms with E-state index in [0.29, 0.717) is 38.0 Å². The fraction of sp³-hybridized carbons (Fsp3) is 0.433. The molecule has 0 bridgehead atoms. The largest absolute Gasteiger partial charge is 0.384 e. The lowest BCUT2D eigenvalue weighted by Crippen LogP contribution is -2.45. The Morgan fingerprint density at radius 3 is 2.45 bits per heavy atom. The molecule has 0 saturated carbocycles. The zero-order chi connectivity index (χ0) is 28.3. The minimum absolute atomic E-state index is 0.201. The lowest BCUT2D eigenvalue weighted by Gasteiger charge is -2.23. The summed E-state index contributed by atoms with van der Waals surface area (Å²) in [7, 11) is 5.47. The molecular formula is C30H42N6O2. The molecule has 0 unspecified atom stereocenters. The van der Waals surface area contributed by atoms with Gasteiger partial charge in [-0.25, -0.2) is 0 Å². The molecule has 8 heteroatoms. The second-order valence-electron chi connectivity index (χ2n) is 9.06. The third-order valence-electron chi connectivity index (χ3n) is 5.57. The molecule has 204 valence electrons. The van der Waals surface area contributed by atoms with E-state index < -0.39 is 6.04 Å². The quantitative estimate of drug-likeness (QED) is 0.151. The molecule has 1 aromatic carbocycles. The number of nitriles is 1. The van der Waals surface area contributed by atoms with Crippen molar-refractivity contribution in [3.63, 3.8) is 0 Å². The number of allylic oxidation sites excluding steroid dienone is 1. The van der Waals surface area contributed by atoms with E-state index in [1.54, 1.807) is 32.2 Å². The monoisotopic (exact) mass is 518 g/mol. The third kappa shape index (κ3) is 12.4. The fourth-order valence-electron chi connectivity index (χ4n) is 3.20. The van der Waals surface area contributed by atoms with Gasteiger partial charge in [-0.05, 0) is 63.7 Å². The number of nitrogens with two attached hydrogens (primary N) is 1. The maximum Gasteiger partial charge on any atom is 0.246 e. The number of likely N-dealkylation sites (N-methyl/N-ethyl adjacent to an activating group) is 2. The summed E-state index contributed by atoms with van der Waals surface area (Å²) in [6, 6.07) is 8.87. The van der Waals surface area contributed by atoms with Crippen molar-refractivity contribution in [2.45, 2.75) is 39.2 Å². The van der Waals surface area contributed by atoms with Gasteiger partial charge in [0.25, 0.3) is 0 Å². The van der Waals surface area contributed by atoms with Gasteiger partial charge in [0.05, 0.1) is 11.6 Å². The van der Waals surface area contributed by atoms with E-state index in [4.69, 9.17) is 11.0 Å². The summed E-state index contributed by atoms with van der Waals surface area (Å²) in [6.07, 6.45) is 9.38. The van der Waals surface area contributed by atoms with Crippen LogP contribution in [0.4, 0.5) is 0 Å². The van der Waals surface area contributed by atoms with Crippen LogP contribution < -0.4 is 16.4 Å². The maximum atomic E-state index is 12.5. The third-order valence-corrected chi connectivity index (χ3v) is 5.57. The van der Waals surface area contributed by atoms with Crippen molar-refractivity contribution in [2.24, 2.45) is 5.73 Å². The second kappa shape index (κ2) is 18.4. The molecule has 1 atom stereocenters. The molecule has 0 heterocycles. The zero-order valence-corrected chi connectivity index (χ0v) is 23.4. The Hall–Kier alpha value is -3.85. The van der Waals surface area contributed by atoms with Gasteiger partial charge in [0.1, 0.15) is 6.04 Å². The van der Waals surface area contributed by atoms with Crippen molar-refractivity contribution in [1.29, 1.82) is 5.26 Å². The molecule has 0 aliphatic heterocycles. The molecular weight excluding hydrogens is 476 g/mol. The Morgan fingerprint density at radius 2 is 1.84 bits per heavy atom. The van der Waals surface area contributed by atoms with Crippen molar-refractivity contribution in [2.75, 3.05) is 47.3 Å². The molecule has 0 radical (unpaired) electrons. The molecule has 0 aliphatic carbocycles. The normalized spacial score (nSPS) is 12.5. The highest BCUT2D eigenvalue weighted by Gasteiger charge is 2.20. The highest BCUT2D eigenvalue weighted by atomic mass is 16.2. The van der Waals surface area contributed by atoms with E-state index in [1.165, 1.54) is 11.0 Å². The summed E-state index contributed by atoms with van der Waals surface area (Å²) >= 11 is 0. The fourth-order valence-corrected chi connectivity index (χ4v) is 3.20. The van der Waals surface area contributed by atoms with Crippen LogP contribution in [-0.4, -0.2) is 75.0 Å². The van der Waals surface area contributed by atoms with Crippen LogP contribution in [0.3, 0.4) is 0 Å². The van der Waals surface area contributed by atoms with Crippen LogP contribution in [0.2, 0.25) is 0 Å². The van der Waals surface area contributed by atoms with Gasteiger partial charge in [-0.15, -0.1) is 0 Å². The number of carbonyl (C=O) groups is 2. The molecule has 0 fully saturated rings. The molecule has 0 aliphatic rings. The van der Waals surface area contributed by atoms with Crippen molar-refractivity contribution in [3.05, 3.63) is 64.9 Å². The van der Waals surface area contributed by atoms with Crippen molar-refractivity contribution in [3.8, 4) is 17.9 Å². The predicted molar refractivity (Wildman–Crippen MR) is 155 cm³/mol. The average molecular weight is 519 g/mol. The first kappa shape index (κ1) is 32.2. The van der Waals surface area contributed by atoms with Crippen molar-refractivity contribution in [1.82, 2.24) is 20.4 Å². The summed E-state index contributed by atoms with van der Waals surface area (Å²) in [5, 5.41) is 15.3. The molecule has 0 aromatic heterocycles. The van der Waals surface area contributed by atoms with Gasteiger partial charge < -0.3 is 26.2 Å². The standard InChI is InChI=1S/C30H42N6O2/c1-6-19-33-28(17-18-31)27(22-25-13-15-26(23-32)16-14-25)11-8-7-9-20-34-30(38)24(2)36(5)29(37)12-10-21-35(3)4/h10,12-17,22,24,33H,6-7,9,18-21,31H2,1-5H3,(H,34,38)/b12-10+,27-22?,28-17+/t24-/m0/s1. The summed E-state index contributed by atoms with van der Waals surface area (Å²) in [6.45, 7) is 6.10. The van der Waals surface area contributed by atoms with Gasteiger partial charge in [-0.1, -0.05) is 37.0 Å². The van der Waals surface area contributed by atoms with Crippen molar-refractivity contribution < 1.29 is 9.59 Å². The number of hydrogen-bond donors (Lipinski definition) is 3. The van der Waals surface area contributed by atoms with Gasteiger partial charge in [0.15, 0.2) is 0 Å². The molecule has 2 amide bonds. The molecule has 0 saturated heterocycles. The van der Waals surface area contributed by atoms with Gasteiger partial charge in [0.2, 0.25) is 11.8 Å². The number of unbranched alkanes of at least 4 members (excludes halogenated alkanes) is 1. The highest BCUT2D eigenvalue weighted by molar-refractivity contribution is 5.92. The van der Waals surface area contributed by atoms with Gasteiger partial charge >= 0.3 is 0 Å². The topological polar surface area (TPSA) is 114 Å². The molecule has 38 heavy (non-hydrogen) atoms. The van der Waals surface area contributed by atoms with Crippen LogP contribution in [0.15, 0.2) is 53.8 Å². The molecule has 0 spiro atoms. The predicted octanol–water partition coefficient (Wildman–Crippen LogP) is 2.65. The number of benzene rings is 1. The van der Waals surface area contributed by atoms with Crippen LogP contribution in [0.1, 0.15) is 44.2 Å². The van der Waals surface area contributed by atoms with E-state index in [1.807, 2.05) is 43.3 Å². The van der Waals surface area contributed by atoms with Gasteiger partial charge in [-0.2, -0.15) is 5.26 Å². The van der Waals surface area contributed by atoms with Gasteiger partial charge in [-0.3, -0.25) is 9.59 Å². The lowest BCUT2D eigenvalue weighted by atomic mass is 10.1. The van der Waals surface area contributed by atoms with Crippen molar-refractivity contribution >= 4 is 17.9 Å². The van der Waals surface area contributed by atoms with E-state index in [-0.39, 0.29) is 11.8 Å². The molecule has 8 nitrogen and oxygen atoms in total. The SMILES string of the molecule is CCCN/C(=C/CN)C(C#CCCCNC(=O)[C@H](C)N(C)C(=O)/C=C/CN(C)C)=Cc1ccc(C#N)cc1. The Labute approximate surface area is 228 Å². The van der Waals surface area contributed by atoms with Gasteiger partial charge in [0, 0.05) is 57.0 Å². The lowest BCUT2D eigenvalue weighted by molar-refractivity contribution is -0.135. The van der Waals surface area contributed by atoms with Crippen LogP contribution in [0, 0.1) is 23.2 Å². The zero-order valence-electron chi connectivity index (χ0n) is 23.4. The summed E-state index contributed by atoms with van der Waals surface area (Å²) in [5.41, 5.74) is 9.02. The van der Waals surface area contributed by atoms with E-state index in [0.717, 1.165) is 29.8 Å². The average Bonchev–Trinajstić information content (AvgIpc) is 2.91. The summed E-state index contributed by atoms with van der Waals surface area (Å²) < 4.78 is 0. The van der Waals surface area contributed by atoms with E-state index in [2.05, 4.69) is 35.5 Å². The summed E-state index contributed by atoms with van der Waals surface area (Å²) in [4.78, 5) is 28.1.